The maximum atomic E-state index is 10.5. The Hall–Kier alpha value is -1.11. The number of carbonyl (C=O) groups excluding carboxylic acids is 1. The molecule has 134 valence electrons. The molecule has 1 heterocycles. The zero-order valence-corrected chi connectivity index (χ0v) is 15.0. The van der Waals surface area contributed by atoms with Gasteiger partial charge in [-0.05, 0) is 62.9 Å². The molecule has 0 amide bonds. The Balaban J connectivity index is 1.73. The maximum absolute atomic E-state index is 10.5. The molecular weight excluding hydrogens is 300 g/mol. The van der Waals surface area contributed by atoms with E-state index in [4.69, 9.17) is 9.47 Å². The van der Waals surface area contributed by atoms with E-state index < -0.39 is 0 Å². The maximum Gasteiger partial charge on any atom is 0.159 e. The lowest BCUT2D eigenvalue weighted by atomic mass is 10.1. The number of hydrogen-bond donors (Lipinski definition) is 0. The highest BCUT2D eigenvalue weighted by molar-refractivity contribution is 5.50. The summed E-state index contributed by atoms with van der Waals surface area (Å²) in [6.07, 6.45) is 15.9. The van der Waals surface area contributed by atoms with Gasteiger partial charge in [0.2, 0.25) is 0 Å². The average Bonchev–Trinajstić information content (AvgIpc) is 3.34. The molecule has 24 heavy (non-hydrogen) atoms. The monoisotopic (exact) mass is 332 g/mol. The smallest absolute Gasteiger partial charge is 0.159 e. The highest BCUT2D eigenvalue weighted by Crippen LogP contribution is 2.43. The molecule has 3 nitrogen and oxygen atoms in total. The first-order chi connectivity index (χ1) is 11.8. The van der Waals surface area contributed by atoms with Crippen LogP contribution in [-0.4, -0.2) is 25.3 Å². The van der Waals surface area contributed by atoms with Gasteiger partial charge in [0.1, 0.15) is 12.4 Å². The van der Waals surface area contributed by atoms with E-state index >= 15 is 0 Å². The molecule has 0 radical (unpaired) electrons. The van der Waals surface area contributed by atoms with Gasteiger partial charge in [0.25, 0.3) is 0 Å². The summed E-state index contributed by atoms with van der Waals surface area (Å²) < 4.78 is 11.7. The Labute approximate surface area is 147 Å². The summed E-state index contributed by atoms with van der Waals surface area (Å²) in [6, 6.07) is 0. The summed E-state index contributed by atoms with van der Waals surface area (Å²) in [6.45, 7) is 3.02. The van der Waals surface area contributed by atoms with Gasteiger partial charge in [-0.25, -0.2) is 0 Å². The molecule has 0 aromatic heterocycles. The number of aldehydes is 1. The second kappa shape index (κ2) is 11.4. The van der Waals surface area contributed by atoms with E-state index in [1.165, 1.54) is 25.7 Å². The highest BCUT2D eigenvalue weighted by atomic mass is 16.7. The van der Waals surface area contributed by atoms with Crippen LogP contribution in [0.5, 0.6) is 0 Å². The number of allylic oxidation sites excluding steroid dienone is 2. The van der Waals surface area contributed by atoms with Crippen molar-refractivity contribution >= 4 is 6.29 Å². The molecule has 4 atom stereocenters. The predicted octanol–water partition coefficient (Wildman–Crippen LogP) is 4.65. The molecule has 0 spiro atoms. The lowest BCUT2D eigenvalue weighted by Crippen LogP contribution is -2.27. The number of ether oxygens (including phenoxy) is 2. The molecule has 2 unspecified atom stereocenters. The van der Waals surface area contributed by atoms with Crippen LogP contribution in [-0.2, 0) is 14.3 Å². The minimum Gasteiger partial charge on any atom is -0.353 e. The van der Waals surface area contributed by atoms with Gasteiger partial charge in [0.15, 0.2) is 6.29 Å². The molecule has 0 aromatic rings. The third-order valence-electron chi connectivity index (χ3n) is 4.88. The van der Waals surface area contributed by atoms with Crippen molar-refractivity contribution in [1.29, 1.82) is 0 Å². The fourth-order valence-corrected chi connectivity index (χ4v) is 3.21. The quantitative estimate of drug-likeness (QED) is 0.332. The Bertz CT molecular complexity index is 440. The van der Waals surface area contributed by atoms with Crippen LogP contribution in [0.1, 0.15) is 71.1 Å². The van der Waals surface area contributed by atoms with Crippen LogP contribution >= 0.6 is 0 Å². The van der Waals surface area contributed by atoms with Gasteiger partial charge >= 0.3 is 0 Å². The lowest BCUT2D eigenvalue weighted by molar-refractivity contribution is -0.177. The van der Waals surface area contributed by atoms with Gasteiger partial charge in [-0.3, -0.25) is 0 Å². The summed E-state index contributed by atoms with van der Waals surface area (Å²) >= 11 is 0. The zero-order valence-electron chi connectivity index (χ0n) is 15.0. The van der Waals surface area contributed by atoms with Gasteiger partial charge in [0.05, 0.1) is 0 Å². The van der Waals surface area contributed by atoms with Crippen LogP contribution in [0.4, 0.5) is 0 Å². The molecule has 1 aliphatic heterocycles. The molecule has 1 saturated heterocycles. The second-order valence-corrected chi connectivity index (χ2v) is 7.00. The topological polar surface area (TPSA) is 35.5 Å². The molecule has 0 N–H and O–H groups in total. The fraction of sp³-hybridized carbons (Fsp3) is 0.762. The first kappa shape index (κ1) is 19.2. The van der Waals surface area contributed by atoms with Crippen LogP contribution in [0.2, 0.25) is 0 Å². The molecule has 1 saturated carbocycles. The Morgan fingerprint density at radius 2 is 2.12 bits per heavy atom. The van der Waals surface area contributed by atoms with Gasteiger partial charge in [0, 0.05) is 13.0 Å². The summed E-state index contributed by atoms with van der Waals surface area (Å²) in [4.78, 5) is 10.5. The van der Waals surface area contributed by atoms with Crippen LogP contribution in [0.3, 0.4) is 0 Å². The van der Waals surface area contributed by atoms with E-state index in [-0.39, 0.29) is 12.4 Å². The van der Waals surface area contributed by atoms with E-state index in [2.05, 4.69) is 24.8 Å². The number of rotatable bonds is 10. The molecule has 2 aliphatic rings. The van der Waals surface area contributed by atoms with Crippen LogP contribution in [0.25, 0.3) is 0 Å². The van der Waals surface area contributed by atoms with Crippen LogP contribution < -0.4 is 0 Å². The average molecular weight is 332 g/mol. The number of hydrogen-bond acceptors (Lipinski definition) is 3. The van der Waals surface area contributed by atoms with E-state index in [9.17, 15) is 4.79 Å². The SMILES string of the molecule is CCCCCC(C#CC=CC[C@H]1C[C@H]1CC=O)OC1CCCCO1. The Morgan fingerprint density at radius 1 is 1.25 bits per heavy atom. The zero-order chi connectivity index (χ0) is 17.0. The molecule has 0 aromatic carbocycles. The van der Waals surface area contributed by atoms with Crippen LogP contribution in [0.15, 0.2) is 12.2 Å². The lowest BCUT2D eigenvalue weighted by Gasteiger charge is -2.25. The van der Waals surface area contributed by atoms with Crippen molar-refractivity contribution in [2.45, 2.75) is 83.5 Å². The number of carbonyl (C=O) groups is 1. The summed E-state index contributed by atoms with van der Waals surface area (Å²) in [5.74, 6) is 7.73. The summed E-state index contributed by atoms with van der Waals surface area (Å²) in [5, 5.41) is 0. The van der Waals surface area contributed by atoms with Crippen molar-refractivity contribution in [2.24, 2.45) is 11.8 Å². The van der Waals surface area contributed by atoms with Crippen molar-refractivity contribution in [3.05, 3.63) is 12.2 Å². The van der Waals surface area contributed by atoms with E-state index in [1.54, 1.807) is 0 Å². The molecular formula is C21H32O3. The normalized spacial score (nSPS) is 27.5. The molecule has 0 bridgehead atoms. The van der Waals surface area contributed by atoms with Crippen molar-refractivity contribution in [2.75, 3.05) is 6.61 Å². The Kier molecular flexibility index (Phi) is 9.16. The van der Waals surface area contributed by atoms with Gasteiger partial charge < -0.3 is 14.3 Å². The molecule has 2 fully saturated rings. The summed E-state index contributed by atoms with van der Waals surface area (Å²) in [5.41, 5.74) is 0. The fourth-order valence-electron chi connectivity index (χ4n) is 3.21. The van der Waals surface area contributed by atoms with E-state index in [0.717, 1.165) is 51.4 Å². The van der Waals surface area contributed by atoms with Crippen LogP contribution in [0, 0.1) is 23.7 Å². The van der Waals surface area contributed by atoms with Crippen molar-refractivity contribution in [1.82, 2.24) is 0 Å². The third kappa shape index (κ3) is 7.64. The first-order valence-electron chi connectivity index (χ1n) is 9.70. The van der Waals surface area contributed by atoms with E-state index in [1.807, 2.05) is 6.08 Å². The predicted molar refractivity (Wildman–Crippen MR) is 96.4 cm³/mol. The van der Waals surface area contributed by atoms with Gasteiger partial charge in [-0.15, -0.1) is 0 Å². The van der Waals surface area contributed by atoms with Crippen molar-refractivity contribution in [3.63, 3.8) is 0 Å². The highest BCUT2D eigenvalue weighted by Gasteiger charge is 2.34. The molecule has 2 rings (SSSR count). The Morgan fingerprint density at radius 3 is 2.88 bits per heavy atom. The summed E-state index contributed by atoms with van der Waals surface area (Å²) in [7, 11) is 0. The minimum absolute atomic E-state index is 0.0203. The molecule has 1 aliphatic carbocycles. The first-order valence-corrected chi connectivity index (χ1v) is 9.70. The van der Waals surface area contributed by atoms with E-state index in [0.29, 0.717) is 11.8 Å². The van der Waals surface area contributed by atoms with Gasteiger partial charge in [-0.1, -0.05) is 37.7 Å². The molecule has 3 heteroatoms. The van der Waals surface area contributed by atoms with Crippen molar-refractivity contribution < 1.29 is 14.3 Å². The third-order valence-corrected chi connectivity index (χ3v) is 4.88. The second-order valence-electron chi connectivity index (χ2n) is 7.00. The minimum atomic E-state index is -0.0702. The number of unbranched alkanes of at least 4 members (excludes halogenated alkanes) is 2. The van der Waals surface area contributed by atoms with Crippen molar-refractivity contribution in [3.8, 4) is 11.8 Å². The largest absolute Gasteiger partial charge is 0.353 e. The van der Waals surface area contributed by atoms with Gasteiger partial charge in [-0.2, -0.15) is 0 Å². The standard InChI is InChI=1S/C21H32O3/c1-2-3-5-11-20(24-21-13-8-9-16-23-21)12-7-4-6-10-18-17-19(18)14-15-22/h4,6,15,18-21H,2-3,5,8-11,13-14,16-17H2,1H3/t18-,19+,20?,21?/m0/s1.